The molecule has 4 heteroatoms. The summed E-state index contributed by atoms with van der Waals surface area (Å²) in [7, 11) is 2.21. The molecule has 20 heavy (non-hydrogen) atoms. The molecule has 2 N–H and O–H groups in total. The van der Waals surface area contributed by atoms with Gasteiger partial charge in [-0.3, -0.25) is 0 Å². The van der Waals surface area contributed by atoms with E-state index in [0.29, 0.717) is 12.0 Å². The molecule has 1 unspecified atom stereocenters. The standard InChI is InChI=1S/C16H24N4/c1-11(2)16-18-14-9-12(17)6-7-15(14)20(16)13-5-4-8-19(3)10-13/h6-7,9,11,13H,4-5,8,10,17H2,1-3H3. The molecule has 0 bridgehead atoms. The first-order valence-electron chi connectivity index (χ1n) is 7.52. The number of nitrogen functional groups attached to an aromatic ring is 1. The van der Waals surface area contributed by atoms with Gasteiger partial charge in [-0.05, 0) is 44.6 Å². The van der Waals surface area contributed by atoms with Gasteiger partial charge in [0.15, 0.2) is 0 Å². The zero-order valence-corrected chi connectivity index (χ0v) is 12.6. The van der Waals surface area contributed by atoms with Gasteiger partial charge in [0.05, 0.1) is 11.0 Å². The van der Waals surface area contributed by atoms with E-state index in [0.717, 1.165) is 17.7 Å². The molecule has 2 aromatic rings. The number of likely N-dealkylation sites (N-methyl/N-ethyl adjacent to an activating group) is 1. The van der Waals surface area contributed by atoms with Crippen molar-refractivity contribution in [2.24, 2.45) is 0 Å². The Morgan fingerprint density at radius 3 is 2.85 bits per heavy atom. The maximum Gasteiger partial charge on any atom is 0.112 e. The number of likely N-dealkylation sites (tertiary alicyclic amines) is 1. The van der Waals surface area contributed by atoms with Gasteiger partial charge in [0.25, 0.3) is 0 Å². The first kappa shape index (κ1) is 13.4. The first-order valence-corrected chi connectivity index (χ1v) is 7.52. The number of fused-ring (bicyclic) bond motifs is 1. The second kappa shape index (κ2) is 5.09. The minimum absolute atomic E-state index is 0.427. The number of hydrogen-bond donors (Lipinski definition) is 1. The average Bonchev–Trinajstić information content (AvgIpc) is 2.77. The minimum Gasteiger partial charge on any atom is -0.399 e. The van der Waals surface area contributed by atoms with E-state index in [1.54, 1.807) is 0 Å². The quantitative estimate of drug-likeness (QED) is 0.855. The maximum atomic E-state index is 5.90. The van der Waals surface area contributed by atoms with Crippen molar-refractivity contribution in [3.8, 4) is 0 Å². The minimum atomic E-state index is 0.427. The summed E-state index contributed by atoms with van der Waals surface area (Å²) in [6, 6.07) is 6.62. The smallest absolute Gasteiger partial charge is 0.112 e. The van der Waals surface area contributed by atoms with Crippen molar-refractivity contribution in [2.45, 2.75) is 38.6 Å². The monoisotopic (exact) mass is 272 g/mol. The van der Waals surface area contributed by atoms with E-state index >= 15 is 0 Å². The van der Waals surface area contributed by atoms with Crippen molar-refractivity contribution in [1.29, 1.82) is 0 Å². The van der Waals surface area contributed by atoms with Gasteiger partial charge in [0, 0.05) is 24.2 Å². The highest BCUT2D eigenvalue weighted by Crippen LogP contribution is 2.31. The summed E-state index contributed by atoms with van der Waals surface area (Å²) in [5.41, 5.74) is 8.95. The van der Waals surface area contributed by atoms with Gasteiger partial charge in [-0.2, -0.15) is 0 Å². The van der Waals surface area contributed by atoms with Crippen LogP contribution in [0.5, 0.6) is 0 Å². The molecule has 3 rings (SSSR count). The molecule has 0 amide bonds. The van der Waals surface area contributed by atoms with E-state index in [2.05, 4.69) is 36.4 Å². The molecular weight excluding hydrogens is 248 g/mol. The molecule has 4 nitrogen and oxygen atoms in total. The molecular formula is C16H24N4. The van der Waals surface area contributed by atoms with Gasteiger partial charge in [0.1, 0.15) is 5.82 Å². The molecule has 1 atom stereocenters. The van der Waals surface area contributed by atoms with Gasteiger partial charge in [0.2, 0.25) is 0 Å². The number of rotatable bonds is 2. The van der Waals surface area contributed by atoms with E-state index in [4.69, 9.17) is 10.7 Å². The fourth-order valence-corrected chi connectivity index (χ4v) is 3.28. The molecule has 1 saturated heterocycles. The van der Waals surface area contributed by atoms with Crippen LogP contribution in [0.25, 0.3) is 11.0 Å². The normalized spacial score (nSPS) is 20.9. The third-order valence-electron chi connectivity index (χ3n) is 4.22. The van der Waals surface area contributed by atoms with E-state index in [-0.39, 0.29) is 0 Å². The van der Waals surface area contributed by atoms with Gasteiger partial charge in [-0.1, -0.05) is 13.8 Å². The van der Waals surface area contributed by atoms with Crippen LogP contribution in [0.3, 0.4) is 0 Å². The lowest BCUT2D eigenvalue weighted by Gasteiger charge is -2.32. The second-order valence-electron chi connectivity index (χ2n) is 6.30. The van der Waals surface area contributed by atoms with Crippen molar-refractivity contribution in [2.75, 3.05) is 25.9 Å². The zero-order chi connectivity index (χ0) is 14.3. The first-order chi connectivity index (χ1) is 9.56. The van der Waals surface area contributed by atoms with Crippen LogP contribution in [0.4, 0.5) is 5.69 Å². The van der Waals surface area contributed by atoms with Gasteiger partial charge in [-0.25, -0.2) is 4.98 Å². The lowest BCUT2D eigenvalue weighted by molar-refractivity contribution is 0.211. The van der Waals surface area contributed by atoms with E-state index in [1.807, 2.05) is 12.1 Å². The number of benzene rings is 1. The Bertz CT molecular complexity index is 614. The number of imidazole rings is 1. The molecule has 1 aliphatic rings. The number of anilines is 1. The zero-order valence-electron chi connectivity index (χ0n) is 12.6. The summed E-state index contributed by atoms with van der Waals surface area (Å²) in [6.45, 7) is 6.74. The van der Waals surface area contributed by atoms with E-state index < -0.39 is 0 Å². The molecule has 1 aliphatic heterocycles. The SMILES string of the molecule is CC(C)c1nc2cc(N)ccc2n1C1CCCN(C)C1. The van der Waals surface area contributed by atoms with Crippen molar-refractivity contribution in [3.63, 3.8) is 0 Å². The fraction of sp³-hybridized carbons (Fsp3) is 0.562. The van der Waals surface area contributed by atoms with Crippen LogP contribution in [0.1, 0.15) is 44.5 Å². The molecule has 2 heterocycles. The van der Waals surface area contributed by atoms with Crippen LogP contribution in [0.2, 0.25) is 0 Å². The molecule has 1 fully saturated rings. The Balaban J connectivity index is 2.13. The van der Waals surface area contributed by atoms with Crippen molar-refractivity contribution in [1.82, 2.24) is 14.5 Å². The number of nitrogens with zero attached hydrogens (tertiary/aromatic N) is 3. The number of nitrogens with two attached hydrogens (primary N) is 1. The largest absolute Gasteiger partial charge is 0.399 e. The molecule has 1 aromatic carbocycles. The third kappa shape index (κ3) is 2.29. The number of piperidine rings is 1. The van der Waals surface area contributed by atoms with Crippen LogP contribution in [-0.4, -0.2) is 34.6 Å². The Labute approximate surface area is 120 Å². The van der Waals surface area contributed by atoms with Crippen LogP contribution in [0, 0.1) is 0 Å². The fourth-order valence-electron chi connectivity index (χ4n) is 3.28. The summed E-state index contributed by atoms with van der Waals surface area (Å²) < 4.78 is 2.45. The lowest BCUT2D eigenvalue weighted by atomic mass is 10.0. The molecule has 0 radical (unpaired) electrons. The van der Waals surface area contributed by atoms with Crippen LogP contribution < -0.4 is 5.73 Å². The Hall–Kier alpha value is -1.55. The van der Waals surface area contributed by atoms with Crippen molar-refractivity contribution < 1.29 is 0 Å². The van der Waals surface area contributed by atoms with E-state index in [9.17, 15) is 0 Å². The van der Waals surface area contributed by atoms with Gasteiger partial charge in [-0.15, -0.1) is 0 Å². The lowest BCUT2D eigenvalue weighted by Crippen LogP contribution is -2.34. The maximum absolute atomic E-state index is 5.90. The highest BCUT2D eigenvalue weighted by molar-refractivity contribution is 5.80. The van der Waals surface area contributed by atoms with Crippen LogP contribution in [-0.2, 0) is 0 Å². The predicted octanol–water partition coefficient (Wildman–Crippen LogP) is 3.01. The summed E-state index contributed by atoms with van der Waals surface area (Å²) in [4.78, 5) is 7.26. The topological polar surface area (TPSA) is 47.1 Å². The number of hydrogen-bond acceptors (Lipinski definition) is 3. The Morgan fingerprint density at radius 1 is 1.35 bits per heavy atom. The molecule has 0 spiro atoms. The Morgan fingerprint density at radius 2 is 2.15 bits per heavy atom. The molecule has 0 saturated carbocycles. The Kier molecular flexibility index (Phi) is 3.42. The molecule has 1 aromatic heterocycles. The van der Waals surface area contributed by atoms with Gasteiger partial charge >= 0.3 is 0 Å². The van der Waals surface area contributed by atoms with Crippen LogP contribution >= 0.6 is 0 Å². The third-order valence-corrected chi connectivity index (χ3v) is 4.22. The van der Waals surface area contributed by atoms with Gasteiger partial charge < -0.3 is 15.2 Å². The summed E-state index contributed by atoms with van der Waals surface area (Å²) in [6.07, 6.45) is 2.49. The summed E-state index contributed by atoms with van der Waals surface area (Å²) in [5.74, 6) is 1.61. The predicted molar refractivity (Wildman–Crippen MR) is 84.0 cm³/mol. The highest BCUT2D eigenvalue weighted by atomic mass is 15.2. The molecule has 108 valence electrons. The van der Waals surface area contributed by atoms with Crippen molar-refractivity contribution >= 4 is 16.7 Å². The highest BCUT2D eigenvalue weighted by Gasteiger charge is 2.24. The average molecular weight is 272 g/mol. The van der Waals surface area contributed by atoms with Crippen LogP contribution in [0.15, 0.2) is 18.2 Å². The number of aromatic nitrogens is 2. The molecule has 0 aliphatic carbocycles. The summed E-state index contributed by atoms with van der Waals surface area (Å²) >= 11 is 0. The summed E-state index contributed by atoms with van der Waals surface area (Å²) in [5, 5.41) is 0. The van der Waals surface area contributed by atoms with E-state index in [1.165, 1.54) is 30.7 Å². The van der Waals surface area contributed by atoms with Crippen molar-refractivity contribution in [3.05, 3.63) is 24.0 Å². The second-order valence-corrected chi connectivity index (χ2v) is 6.30.